The molecule has 0 aliphatic heterocycles. The van der Waals surface area contributed by atoms with Gasteiger partial charge in [-0.2, -0.15) is 0 Å². The first-order valence-electron chi connectivity index (χ1n) is 8.61. The summed E-state index contributed by atoms with van der Waals surface area (Å²) in [5.74, 6) is -1.00. The first-order chi connectivity index (χ1) is 11.8. The third kappa shape index (κ3) is 4.18. The second kappa shape index (κ2) is 7.95. The van der Waals surface area contributed by atoms with E-state index in [1.165, 1.54) is 13.8 Å². The fourth-order valence-corrected chi connectivity index (χ4v) is 3.94. The maximum Gasteiger partial charge on any atom is 0.303 e. The van der Waals surface area contributed by atoms with E-state index in [0.717, 1.165) is 12.0 Å². The van der Waals surface area contributed by atoms with Gasteiger partial charge in [-0.05, 0) is 35.8 Å². The van der Waals surface area contributed by atoms with Gasteiger partial charge < -0.3 is 14.6 Å². The topological polar surface area (TPSA) is 89.9 Å². The van der Waals surface area contributed by atoms with Crippen molar-refractivity contribution in [3.05, 3.63) is 23.3 Å². The van der Waals surface area contributed by atoms with Gasteiger partial charge in [0.2, 0.25) is 0 Å². The minimum absolute atomic E-state index is 0.0366. The second-order valence-corrected chi connectivity index (χ2v) is 6.96. The van der Waals surface area contributed by atoms with Gasteiger partial charge in [-0.1, -0.05) is 13.5 Å². The van der Waals surface area contributed by atoms with Gasteiger partial charge in [-0.15, -0.1) is 0 Å². The number of carbonyl (C=O) groups excluding carboxylic acids is 3. The van der Waals surface area contributed by atoms with Gasteiger partial charge >= 0.3 is 11.9 Å². The third-order valence-corrected chi connectivity index (χ3v) is 5.22. The van der Waals surface area contributed by atoms with E-state index < -0.39 is 18.0 Å². The van der Waals surface area contributed by atoms with Crippen molar-refractivity contribution >= 4 is 17.7 Å². The van der Waals surface area contributed by atoms with Crippen LogP contribution in [0.2, 0.25) is 0 Å². The lowest BCUT2D eigenvalue weighted by Gasteiger charge is -2.29. The quantitative estimate of drug-likeness (QED) is 0.602. The number of aliphatic hydroxyl groups excluding tert-OH is 1. The highest BCUT2D eigenvalue weighted by molar-refractivity contribution is 5.99. The van der Waals surface area contributed by atoms with Gasteiger partial charge in [0.05, 0.1) is 6.61 Å². The molecule has 1 fully saturated rings. The van der Waals surface area contributed by atoms with Crippen LogP contribution in [0.3, 0.4) is 0 Å². The van der Waals surface area contributed by atoms with Gasteiger partial charge in [0.1, 0.15) is 12.7 Å². The number of hydrogen-bond donors (Lipinski definition) is 1. The molecule has 0 amide bonds. The van der Waals surface area contributed by atoms with E-state index in [1.807, 2.05) is 0 Å². The van der Waals surface area contributed by atoms with Crippen molar-refractivity contribution in [2.24, 2.45) is 17.8 Å². The standard InChI is InChI=1S/C19H26O6/c1-10-5-6-14(11(2)9-24-12(3)21)19(25-13(4)22)18-15(10)7-17(23)16(18)8-20/h10,14-15,19-20H,2,5-9H2,1,3-4H3. The Morgan fingerprint density at radius 1 is 1.24 bits per heavy atom. The van der Waals surface area contributed by atoms with Crippen molar-refractivity contribution in [3.8, 4) is 0 Å². The molecule has 0 aromatic heterocycles. The Kier molecular flexibility index (Phi) is 6.16. The van der Waals surface area contributed by atoms with Crippen molar-refractivity contribution in [1.82, 2.24) is 0 Å². The summed E-state index contributed by atoms with van der Waals surface area (Å²) in [5.41, 5.74) is 1.73. The Bertz CT molecular complexity index is 617. The number of aliphatic hydroxyl groups is 1. The summed E-state index contributed by atoms with van der Waals surface area (Å²) < 4.78 is 10.6. The molecule has 1 saturated carbocycles. The zero-order valence-electron chi connectivity index (χ0n) is 15.0. The van der Waals surface area contributed by atoms with Gasteiger partial charge in [0, 0.05) is 31.8 Å². The highest BCUT2D eigenvalue weighted by Crippen LogP contribution is 2.46. The van der Waals surface area contributed by atoms with Crippen molar-refractivity contribution in [2.45, 2.75) is 46.1 Å². The predicted molar refractivity (Wildman–Crippen MR) is 90.4 cm³/mol. The monoisotopic (exact) mass is 350 g/mol. The Morgan fingerprint density at radius 2 is 1.92 bits per heavy atom. The van der Waals surface area contributed by atoms with E-state index in [2.05, 4.69) is 13.5 Å². The number of carbonyl (C=O) groups is 3. The fourth-order valence-electron chi connectivity index (χ4n) is 3.94. The number of ether oxygens (including phenoxy) is 2. The maximum absolute atomic E-state index is 12.3. The number of esters is 2. The summed E-state index contributed by atoms with van der Waals surface area (Å²) >= 11 is 0. The Hall–Kier alpha value is -1.95. The summed E-state index contributed by atoms with van der Waals surface area (Å²) in [5, 5.41) is 9.70. The van der Waals surface area contributed by atoms with Crippen LogP contribution in [0.1, 0.15) is 40.0 Å². The van der Waals surface area contributed by atoms with Crippen LogP contribution in [0.15, 0.2) is 23.3 Å². The van der Waals surface area contributed by atoms with Gasteiger partial charge in [-0.25, -0.2) is 0 Å². The largest absolute Gasteiger partial charge is 0.461 e. The molecule has 4 unspecified atom stereocenters. The first-order valence-corrected chi connectivity index (χ1v) is 8.61. The van der Waals surface area contributed by atoms with Crippen LogP contribution in [0, 0.1) is 17.8 Å². The molecule has 1 N–H and O–H groups in total. The lowest BCUT2D eigenvalue weighted by molar-refractivity contribution is -0.147. The number of ketones is 1. The minimum Gasteiger partial charge on any atom is -0.461 e. The van der Waals surface area contributed by atoms with E-state index in [-0.39, 0.29) is 36.8 Å². The molecular weight excluding hydrogens is 324 g/mol. The molecule has 0 heterocycles. The second-order valence-electron chi connectivity index (χ2n) is 6.96. The zero-order chi connectivity index (χ0) is 18.7. The normalized spacial score (nSPS) is 29.0. The SMILES string of the molecule is C=C(COC(C)=O)C1CCC(C)C2CC(=O)C(CO)=C2C1OC(C)=O. The molecule has 0 saturated heterocycles. The highest BCUT2D eigenvalue weighted by atomic mass is 16.5. The summed E-state index contributed by atoms with van der Waals surface area (Å²) in [6, 6.07) is 0. The predicted octanol–water partition coefficient (Wildman–Crippen LogP) is 1.96. The average Bonchev–Trinajstić information content (AvgIpc) is 2.81. The van der Waals surface area contributed by atoms with Crippen LogP contribution in [0.5, 0.6) is 0 Å². The van der Waals surface area contributed by atoms with Crippen LogP contribution < -0.4 is 0 Å². The van der Waals surface area contributed by atoms with Crippen molar-refractivity contribution in [2.75, 3.05) is 13.2 Å². The molecule has 6 nitrogen and oxygen atoms in total. The molecule has 6 heteroatoms. The minimum atomic E-state index is -0.649. The molecular formula is C19H26O6. The van der Waals surface area contributed by atoms with E-state index in [1.54, 1.807) is 0 Å². The van der Waals surface area contributed by atoms with E-state index in [9.17, 15) is 19.5 Å². The Morgan fingerprint density at radius 3 is 2.48 bits per heavy atom. The molecule has 0 radical (unpaired) electrons. The average molecular weight is 350 g/mol. The van der Waals surface area contributed by atoms with Crippen LogP contribution in [-0.2, 0) is 23.9 Å². The molecule has 0 aromatic carbocycles. The highest BCUT2D eigenvalue weighted by Gasteiger charge is 2.45. The molecule has 4 atom stereocenters. The zero-order valence-corrected chi connectivity index (χ0v) is 15.0. The maximum atomic E-state index is 12.3. The molecule has 0 aromatic rings. The lowest BCUT2D eigenvalue weighted by Crippen LogP contribution is -2.32. The van der Waals surface area contributed by atoms with Crippen molar-refractivity contribution in [1.29, 1.82) is 0 Å². The Labute approximate surface area is 147 Å². The van der Waals surface area contributed by atoms with Crippen LogP contribution >= 0.6 is 0 Å². The number of fused-ring (bicyclic) bond motifs is 1. The molecule has 0 bridgehead atoms. The van der Waals surface area contributed by atoms with Crippen LogP contribution in [0.4, 0.5) is 0 Å². The van der Waals surface area contributed by atoms with Crippen LogP contribution in [-0.4, -0.2) is 42.1 Å². The number of rotatable bonds is 5. The first kappa shape index (κ1) is 19.4. The smallest absolute Gasteiger partial charge is 0.303 e. The van der Waals surface area contributed by atoms with Gasteiger partial charge in [0.25, 0.3) is 0 Å². The van der Waals surface area contributed by atoms with Gasteiger partial charge in [-0.3, -0.25) is 14.4 Å². The summed E-state index contributed by atoms with van der Waals surface area (Å²) in [4.78, 5) is 35.1. The van der Waals surface area contributed by atoms with E-state index >= 15 is 0 Å². The van der Waals surface area contributed by atoms with Crippen molar-refractivity contribution < 1.29 is 29.0 Å². The van der Waals surface area contributed by atoms with E-state index in [4.69, 9.17) is 9.47 Å². The summed E-state index contributed by atoms with van der Waals surface area (Å²) in [7, 11) is 0. The molecule has 0 spiro atoms. The number of hydrogen-bond acceptors (Lipinski definition) is 6. The van der Waals surface area contributed by atoms with E-state index in [0.29, 0.717) is 24.0 Å². The van der Waals surface area contributed by atoms with Crippen molar-refractivity contribution in [3.63, 3.8) is 0 Å². The lowest BCUT2D eigenvalue weighted by atomic mass is 9.84. The van der Waals surface area contributed by atoms with Crippen LogP contribution in [0.25, 0.3) is 0 Å². The molecule has 2 aliphatic rings. The van der Waals surface area contributed by atoms with Gasteiger partial charge in [0.15, 0.2) is 5.78 Å². The number of Topliss-reactive ketones (excluding diaryl/α,β-unsaturated/α-hetero) is 1. The summed E-state index contributed by atoms with van der Waals surface area (Å²) in [6.07, 6.45) is 1.24. The molecule has 2 rings (SSSR count). The molecule has 2 aliphatic carbocycles. The third-order valence-electron chi connectivity index (χ3n) is 5.22. The fraction of sp³-hybridized carbons (Fsp3) is 0.632. The molecule has 138 valence electrons. The Balaban J connectivity index is 2.43. The summed E-state index contributed by atoms with van der Waals surface area (Å²) in [6.45, 7) is 8.42. The molecule has 25 heavy (non-hydrogen) atoms.